The van der Waals surface area contributed by atoms with E-state index in [0.29, 0.717) is 17.2 Å². The monoisotopic (exact) mass is 368 g/mol. The second kappa shape index (κ2) is 5.57. The number of H-pyrrole nitrogens is 1. The van der Waals surface area contributed by atoms with Gasteiger partial charge in [0.15, 0.2) is 5.01 Å². The summed E-state index contributed by atoms with van der Waals surface area (Å²) in [5.41, 5.74) is 2.23. The molecule has 1 aromatic carbocycles. The molecular weight excluding hydrogens is 359 g/mol. The van der Waals surface area contributed by atoms with Crippen LogP contribution < -0.4 is 0 Å². The maximum Gasteiger partial charge on any atom is 0.235 e. The molecule has 0 amide bonds. The van der Waals surface area contributed by atoms with Crippen molar-refractivity contribution in [1.82, 2.24) is 30.0 Å². The number of aromatic amines is 1. The smallest absolute Gasteiger partial charge is 0.235 e. The lowest BCUT2D eigenvalue weighted by atomic mass is 10.1. The van der Waals surface area contributed by atoms with Crippen molar-refractivity contribution in [1.29, 1.82) is 0 Å². The Morgan fingerprint density at radius 2 is 1.96 bits per heavy atom. The van der Waals surface area contributed by atoms with E-state index in [0.717, 1.165) is 20.4 Å². The Bertz CT molecular complexity index is 1150. The van der Waals surface area contributed by atoms with Gasteiger partial charge in [-0.15, -0.1) is 21.5 Å². The predicted molar refractivity (Wildman–Crippen MR) is 94.9 cm³/mol. The number of benzene rings is 1. The summed E-state index contributed by atoms with van der Waals surface area (Å²) >= 11 is 3.12. The molecule has 0 atom stereocenters. The zero-order valence-corrected chi connectivity index (χ0v) is 14.2. The number of rotatable bonds is 3. The molecule has 122 valence electrons. The molecule has 0 radical (unpaired) electrons. The lowest BCUT2D eigenvalue weighted by Crippen LogP contribution is -1.90. The van der Waals surface area contributed by atoms with Gasteiger partial charge in [-0.25, -0.2) is 4.39 Å². The summed E-state index contributed by atoms with van der Waals surface area (Å²) in [5, 5.41) is 23.2. The van der Waals surface area contributed by atoms with E-state index in [4.69, 9.17) is 0 Å². The third kappa shape index (κ3) is 2.44. The molecule has 0 saturated carbocycles. The molecule has 0 saturated heterocycles. The molecule has 6 nitrogen and oxygen atoms in total. The van der Waals surface area contributed by atoms with Crippen molar-refractivity contribution in [3.05, 3.63) is 53.7 Å². The molecule has 5 aromatic rings. The molecule has 25 heavy (non-hydrogen) atoms. The van der Waals surface area contributed by atoms with E-state index in [1.807, 2.05) is 23.6 Å². The first-order chi connectivity index (χ1) is 12.3. The molecule has 0 bridgehead atoms. The van der Waals surface area contributed by atoms with E-state index in [9.17, 15) is 4.39 Å². The highest BCUT2D eigenvalue weighted by Gasteiger charge is 2.17. The van der Waals surface area contributed by atoms with Crippen molar-refractivity contribution >= 4 is 27.6 Å². The fourth-order valence-corrected chi connectivity index (χ4v) is 4.12. The number of aromatic nitrogens is 6. The van der Waals surface area contributed by atoms with E-state index in [-0.39, 0.29) is 5.82 Å². The number of nitrogens with one attached hydrogen (secondary N) is 1. The molecule has 0 aliphatic rings. The second-order valence-electron chi connectivity index (χ2n) is 5.28. The molecule has 0 aliphatic carbocycles. The molecule has 1 N–H and O–H groups in total. The van der Waals surface area contributed by atoms with Gasteiger partial charge >= 0.3 is 0 Å². The van der Waals surface area contributed by atoms with E-state index >= 15 is 0 Å². The minimum Gasteiger partial charge on any atom is -0.274 e. The Morgan fingerprint density at radius 1 is 1.08 bits per heavy atom. The van der Waals surface area contributed by atoms with E-state index in [1.165, 1.54) is 23.5 Å². The summed E-state index contributed by atoms with van der Waals surface area (Å²) in [6.45, 7) is 0. The first-order valence-corrected chi connectivity index (χ1v) is 9.05. The van der Waals surface area contributed by atoms with Gasteiger partial charge in [-0.05, 0) is 41.8 Å². The van der Waals surface area contributed by atoms with Gasteiger partial charge < -0.3 is 0 Å². The molecule has 0 unspecified atom stereocenters. The SMILES string of the molecule is Fc1ccc(-c2cc(-c3nnc4sc(-c5cccs5)nn34)[nH]n2)cc1. The highest BCUT2D eigenvalue weighted by atomic mass is 32.1. The summed E-state index contributed by atoms with van der Waals surface area (Å²) in [6, 6.07) is 12.1. The number of hydrogen-bond acceptors (Lipinski definition) is 6. The van der Waals surface area contributed by atoms with Crippen LogP contribution in [0.4, 0.5) is 4.39 Å². The van der Waals surface area contributed by atoms with Gasteiger partial charge in [-0.1, -0.05) is 17.4 Å². The first kappa shape index (κ1) is 14.4. The summed E-state index contributed by atoms with van der Waals surface area (Å²) < 4.78 is 14.8. The third-order valence-corrected chi connectivity index (χ3v) is 5.62. The van der Waals surface area contributed by atoms with Crippen molar-refractivity contribution < 1.29 is 4.39 Å². The molecular formula is C16H9FN6S2. The van der Waals surface area contributed by atoms with Crippen LogP contribution in [0.5, 0.6) is 0 Å². The van der Waals surface area contributed by atoms with Crippen molar-refractivity contribution in [2.24, 2.45) is 0 Å². The van der Waals surface area contributed by atoms with Gasteiger partial charge in [0.05, 0.1) is 10.6 Å². The molecule has 5 rings (SSSR count). The summed E-state index contributed by atoms with van der Waals surface area (Å²) in [5.74, 6) is 0.317. The van der Waals surface area contributed by atoms with Crippen LogP contribution in [0.1, 0.15) is 0 Å². The van der Waals surface area contributed by atoms with Crippen LogP contribution in [0.2, 0.25) is 0 Å². The minimum absolute atomic E-state index is 0.276. The van der Waals surface area contributed by atoms with E-state index in [1.54, 1.807) is 28.0 Å². The average molecular weight is 368 g/mol. The van der Waals surface area contributed by atoms with Crippen LogP contribution in [-0.2, 0) is 0 Å². The molecule has 9 heteroatoms. The maximum atomic E-state index is 13.1. The topological polar surface area (TPSA) is 71.8 Å². The zero-order valence-electron chi connectivity index (χ0n) is 12.5. The second-order valence-corrected chi connectivity index (χ2v) is 7.18. The molecule has 0 spiro atoms. The van der Waals surface area contributed by atoms with Gasteiger partial charge in [0.1, 0.15) is 11.5 Å². The van der Waals surface area contributed by atoms with Crippen LogP contribution >= 0.6 is 22.7 Å². The van der Waals surface area contributed by atoms with Crippen LogP contribution in [0.3, 0.4) is 0 Å². The Morgan fingerprint density at radius 3 is 2.76 bits per heavy atom. The van der Waals surface area contributed by atoms with Crippen molar-refractivity contribution in [3.63, 3.8) is 0 Å². The summed E-state index contributed by atoms with van der Waals surface area (Å²) in [4.78, 5) is 1.81. The normalized spacial score (nSPS) is 11.4. The van der Waals surface area contributed by atoms with E-state index < -0.39 is 0 Å². The maximum absolute atomic E-state index is 13.1. The quantitative estimate of drug-likeness (QED) is 0.520. The number of fused-ring (bicyclic) bond motifs is 1. The highest BCUT2D eigenvalue weighted by Crippen LogP contribution is 2.31. The summed E-state index contributed by atoms with van der Waals surface area (Å²) in [7, 11) is 0. The van der Waals surface area contributed by atoms with Crippen LogP contribution in [-0.4, -0.2) is 30.0 Å². The lowest BCUT2D eigenvalue weighted by molar-refractivity contribution is 0.628. The van der Waals surface area contributed by atoms with Crippen LogP contribution in [0, 0.1) is 5.82 Å². The van der Waals surface area contributed by atoms with Gasteiger partial charge in [-0.2, -0.15) is 14.7 Å². The van der Waals surface area contributed by atoms with Gasteiger partial charge in [0, 0.05) is 5.56 Å². The molecule has 4 heterocycles. The highest BCUT2D eigenvalue weighted by molar-refractivity contribution is 7.23. The van der Waals surface area contributed by atoms with Gasteiger partial charge in [0.25, 0.3) is 0 Å². The molecule has 4 aromatic heterocycles. The zero-order chi connectivity index (χ0) is 16.8. The number of halogens is 1. The van der Waals surface area contributed by atoms with Crippen molar-refractivity contribution in [3.8, 4) is 32.7 Å². The van der Waals surface area contributed by atoms with Gasteiger partial charge in [-0.3, -0.25) is 5.10 Å². The minimum atomic E-state index is -0.276. The summed E-state index contributed by atoms with van der Waals surface area (Å²) in [6.07, 6.45) is 0. The van der Waals surface area contributed by atoms with E-state index in [2.05, 4.69) is 25.5 Å². The van der Waals surface area contributed by atoms with Crippen molar-refractivity contribution in [2.75, 3.05) is 0 Å². The number of thiophene rings is 1. The Kier molecular flexibility index (Phi) is 3.22. The number of hydrogen-bond donors (Lipinski definition) is 1. The first-order valence-electron chi connectivity index (χ1n) is 7.36. The molecule has 0 aliphatic heterocycles. The van der Waals surface area contributed by atoms with Crippen LogP contribution in [0.15, 0.2) is 47.8 Å². The Labute approximate surface area is 148 Å². The molecule has 0 fully saturated rings. The Hall–Kier alpha value is -2.91. The largest absolute Gasteiger partial charge is 0.274 e. The van der Waals surface area contributed by atoms with Gasteiger partial charge in [0.2, 0.25) is 10.8 Å². The van der Waals surface area contributed by atoms with Crippen molar-refractivity contribution in [2.45, 2.75) is 0 Å². The number of nitrogens with zero attached hydrogens (tertiary/aromatic N) is 5. The Balaban J connectivity index is 1.56. The standard InChI is InChI=1S/C16H9FN6S2/c17-10-5-3-9(4-6-10)11-8-12(19-18-11)14-20-21-16-23(14)22-15(25-16)13-2-1-7-24-13/h1-8H,(H,18,19). The lowest BCUT2D eigenvalue weighted by Gasteiger charge is -1.94. The predicted octanol–water partition coefficient (Wildman–Crippen LogP) is 4.11. The fraction of sp³-hybridized carbons (Fsp3) is 0. The average Bonchev–Trinajstić information content (AvgIpc) is 3.38. The third-order valence-electron chi connectivity index (χ3n) is 3.68. The fourth-order valence-electron chi connectivity index (χ4n) is 2.49. The van der Waals surface area contributed by atoms with Crippen LogP contribution in [0.25, 0.3) is 37.6 Å².